The lowest BCUT2D eigenvalue weighted by molar-refractivity contribution is 0.0743. The molecule has 1 amide bonds. The molecule has 13 heavy (non-hydrogen) atoms. The molecular formula is C9H13N3O. The van der Waals surface area contributed by atoms with Crippen LogP contribution in [0.1, 0.15) is 23.1 Å². The molecule has 1 aliphatic rings. The molecule has 0 radical (unpaired) electrons. The predicted octanol–water partition coefficient (Wildman–Crippen LogP) is 0.531. The van der Waals surface area contributed by atoms with E-state index < -0.39 is 0 Å². The third-order valence-corrected chi connectivity index (χ3v) is 2.41. The zero-order chi connectivity index (χ0) is 9.42. The lowest BCUT2D eigenvalue weighted by Gasteiger charge is -2.22. The second kappa shape index (κ2) is 2.87. The van der Waals surface area contributed by atoms with Gasteiger partial charge in [-0.1, -0.05) is 6.92 Å². The molecule has 0 aromatic carbocycles. The van der Waals surface area contributed by atoms with Gasteiger partial charge in [-0.2, -0.15) is 5.10 Å². The zero-order valence-corrected chi connectivity index (χ0v) is 7.95. The van der Waals surface area contributed by atoms with Crippen LogP contribution in [0.25, 0.3) is 0 Å². The van der Waals surface area contributed by atoms with Crippen molar-refractivity contribution in [2.24, 2.45) is 0 Å². The van der Waals surface area contributed by atoms with Crippen LogP contribution in [0.3, 0.4) is 0 Å². The fourth-order valence-electron chi connectivity index (χ4n) is 1.53. The predicted molar refractivity (Wildman–Crippen MR) is 48.6 cm³/mol. The Bertz CT molecular complexity index is 343. The molecule has 4 nitrogen and oxygen atoms in total. The topological polar surface area (TPSA) is 38.1 Å². The first-order valence-electron chi connectivity index (χ1n) is 4.54. The van der Waals surface area contributed by atoms with E-state index in [0.717, 1.165) is 30.9 Å². The molecule has 1 aromatic heterocycles. The molecule has 0 saturated heterocycles. The number of aromatic nitrogens is 2. The van der Waals surface area contributed by atoms with Crippen molar-refractivity contribution in [2.45, 2.75) is 19.9 Å². The van der Waals surface area contributed by atoms with Crippen molar-refractivity contribution in [3.8, 4) is 0 Å². The van der Waals surface area contributed by atoms with Crippen LogP contribution in [0, 0.1) is 0 Å². The Hall–Kier alpha value is -1.32. The van der Waals surface area contributed by atoms with Gasteiger partial charge in [0.15, 0.2) is 0 Å². The van der Waals surface area contributed by atoms with Crippen molar-refractivity contribution in [1.29, 1.82) is 0 Å². The Labute approximate surface area is 77.1 Å². The van der Waals surface area contributed by atoms with Gasteiger partial charge in [0.05, 0.1) is 12.2 Å². The standard InChI is InChI=1S/C9H13N3O/c1-3-7-6-8-9(13)11(2)4-5-12(8)10-7/h6H,3-5H2,1-2H3. The first-order chi connectivity index (χ1) is 6.22. The molecule has 2 rings (SSSR count). The van der Waals surface area contributed by atoms with Crippen molar-refractivity contribution >= 4 is 5.91 Å². The molecule has 0 N–H and O–H groups in total. The lowest BCUT2D eigenvalue weighted by atomic mass is 10.2. The average Bonchev–Trinajstić information content (AvgIpc) is 2.55. The van der Waals surface area contributed by atoms with Crippen molar-refractivity contribution < 1.29 is 4.79 Å². The number of carbonyl (C=O) groups is 1. The second-order valence-corrected chi connectivity index (χ2v) is 3.32. The van der Waals surface area contributed by atoms with E-state index in [2.05, 4.69) is 5.10 Å². The molecule has 0 unspecified atom stereocenters. The highest BCUT2D eigenvalue weighted by Gasteiger charge is 2.22. The van der Waals surface area contributed by atoms with Gasteiger partial charge in [0.25, 0.3) is 5.91 Å². The van der Waals surface area contributed by atoms with Crippen molar-refractivity contribution in [1.82, 2.24) is 14.7 Å². The summed E-state index contributed by atoms with van der Waals surface area (Å²) in [6.45, 7) is 3.62. The number of rotatable bonds is 1. The van der Waals surface area contributed by atoms with Gasteiger partial charge in [-0.05, 0) is 12.5 Å². The van der Waals surface area contributed by atoms with E-state index in [1.807, 2.05) is 20.0 Å². The van der Waals surface area contributed by atoms with Gasteiger partial charge in [0, 0.05) is 13.6 Å². The third-order valence-electron chi connectivity index (χ3n) is 2.41. The second-order valence-electron chi connectivity index (χ2n) is 3.32. The van der Waals surface area contributed by atoms with Crippen molar-refractivity contribution in [2.75, 3.05) is 13.6 Å². The van der Waals surface area contributed by atoms with E-state index >= 15 is 0 Å². The smallest absolute Gasteiger partial charge is 0.271 e. The molecule has 0 fully saturated rings. The SMILES string of the molecule is CCc1cc2n(n1)CCN(C)C2=O. The number of likely N-dealkylation sites (N-methyl/N-ethyl adjacent to an activating group) is 1. The quantitative estimate of drug-likeness (QED) is 0.630. The largest absolute Gasteiger partial charge is 0.339 e. The lowest BCUT2D eigenvalue weighted by Crippen LogP contribution is -2.37. The van der Waals surface area contributed by atoms with Gasteiger partial charge >= 0.3 is 0 Å². The van der Waals surface area contributed by atoms with E-state index in [0.29, 0.717) is 0 Å². The molecule has 0 atom stereocenters. The van der Waals surface area contributed by atoms with E-state index in [1.165, 1.54) is 0 Å². The number of amides is 1. The maximum atomic E-state index is 11.6. The number of aryl methyl sites for hydroxylation is 1. The Balaban J connectivity index is 2.42. The maximum absolute atomic E-state index is 11.6. The Kier molecular flexibility index (Phi) is 1.83. The average molecular weight is 179 g/mol. The summed E-state index contributed by atoms with van der Waals surface area (Å²) in [5, 5.41) is 4.32. The third kappa shape index (κ3) is 1.22. The van der Waals surface area contributed by atoms with Crippen LogP contribution in [0.15, 0.2) is 6.07 Å². The Morgan fingerprint density at radius 3 is 3.00 bits per heavy atom. The van der Waals surface area contributed by atoms with E-state index in [-0.39, 0.29) is 5.91 Å². The van der Waals surface area contributed by atoms with Gasteiger partial charge in [0.2, 0.25) is 0 Å². The minimum atomic E-state index is 0.0819. The summed E-state index contributed by atoms with van der Waals surface area (Å²) in [5.74, 6) is 0.0819. The molecule has 4 heteroatoms. The normalized spacial score (nSPS) is 16.2. The van der Waals surface area contributed by atoms with E-state index in [1.54, 1.807) is 9.58 Å². The summed E-state index contributed by atoms with van der Waals surface area (Å²) < 4.78 is 1.81. The summed E-state index contributed by atoms with van der Waals surface area (Å²) in [6, 6.07) is 1.89. The minimum Gasteiger partial charge on any atom is -0.339 e. The first-order valence-corrected chi connectivity index (χ1v) is 4.54. The van der Waals surface area contributed by atoms with Gasteiger partial charge < -0.3 is 4.90 Å². The summed E-state index contributed by atoms with van der Waals surface area (Å²) in [6.07, 6.45) is 0.886. The van der Waals surface area contributed by atoms with Crippen LogP contribution in [0.5, 0.6) is 0 Å². The highest BCUT2D eigenvalue weighted by molar-refractivity contribution is 5.93. The summed E-state index contributed by atoms with van der Waals surface area (Å²) in [5.41, 5.74) is 1.73. The molecule has 0 saturated carbocycles. The van der Waals surface area contributed by atoms with Crippen LogP contribution in [0.2, 0.25) is 0 Å². The number of hydrogen-bond donors (Lipinski definition) is 0. The van der Waals surface area contributed by atoms with E-state index in [9.17, 15) is 4.79 Å². The highest BCUT2D eigenvalue weighted by atomic mass is 16.2. The summed E-state index contributed by atoms with van der Waals surface area (Å²) in [4.78, 5) is 13.3. The van der Waals surface area contributed by atoms with Crippen LogP contribution in [-0.4, -0.2) is 34.2 Å². The van der Waals surface area contributed by atoms with Gasteiger partial charge in [-0.3, -0.25) is 9.48 Å². The molecular weight excluding hydrogens is 166 g/mol. The Morgan fingerprint density at radius 2 is 2.31 bits per heavy atom. The van der Waals surface area contributed by atoms with E-state index in [4.69, 9.17) is 0 Å². The summed E-state index contributed by atoms with van der Waals surface area (Å²) >= 11 is 0. The number of nitrogens with zero attached hydrogens (tertiary/aromatic N) is 3. The highest BCUT2D eigenvalue weighted by Crippen LogP contribution is 2.12. The van der Waals surface area contributed by atoms with Crippen molar-refractivity contribution in [3.05, 3.63) is 17.5 Å². The van der Waals surface area contributed by atoms with Gasteiger partial charge in [-0.15, -0.1) is 0 Å². The molecule has 1 aromatic rings. The van der Waals surface area contributed by atoms with Crippen LogP contribution >= 0.6 is 0 Å². The van der Waals surface area contributed by atoms with Gasteiger partial charge in [-0.25, -0.2) is 0 Å². The molecule has 70 valence electrons. The fourth-order valence-corrected chi connectivity index (χ4v) is 1.53. The number of fused-ring (bicyclic) bond motifs is 1. The molecule has 2 heterocycles. The number of hydrogen-bond acceptors (Lipinski definition) is 2. The monoisotopic (exact) mass is 179 g/mol. The van der Waals surface area contributed by atoms with Crippen LogP contribution < -0.4 is 0 Å². The fraction of sp³-hybridized carbons (Fsp3) is 0.556. The minimum absolute atomic E-state index is 0.0819. The Morgan fingerprint density at radius 1 is 1.54 bits per heavy atom. The molecule has 1 aliphatic heterocycles. The zero-order valence-electron chi connectivity index (χ0n) is 7.95. The van der Waals surface area contributed by atoms with Crippen molar-refractivity contribution in [3.63, 3.8) is 0 Å². The molecule has 0 bridgehead atoms. The summed E-state index contributed by atoms with van der Waals surface area (Å²) in [7, 11) is 1.82. The number of carbonyl (C=O) groups excluding carboxylic acids is 1. The molecule has 0 spiro atoms. The molecule has 0 aliphatic carbocycles. The first kappa shape index (κ1) is 8.29. The maximum Gasteiger partial charge on any atom is 0.271 e. The van der Waals surface area contributed by atoms with Crippen LogP contribution in [-0.2, 0) is 13.0 Å². The van der Waals surface area contributed by atoms with Gasteiger partial charge in [0.1, 0.15) is 5.69 Å². The van der Waals surface area contributed by atoms with Crippen LogP contribution in [0.4, 0.5) is 0 Å².